The van der Waals surface area contributed by atoms with Crippen LogP contribution in [0.1, 0.15) is 29.6 Å². The molecule has 1 amide bonds. The number of carboxylic acids is 1. The number of likely N-dealkylation sites (N-methyl/N-ethyl adjacent to an activating group) is 1. The van der Waals surface area contributed by atoms with Crippen LogP contribution in [-0.4, -0.2) is 64.6 Å². The van der Waals surface area contributed by atoms with Gasteiger partial charge in [-0.15, -0.1) is 0 Å². The Morgan fingerprint density at radius 1 is 1.29 bits per heavy atom. The molecule has 0 bridgehead atoms. The van der Waals surface area contributed by atoms with E-state index in [9.17, 15) is 24.2 Å². The van der Waals surface area contributed by atoms with Crippen molar-refractivity contribution in [1.29, 1.82) is 0 Å². The molecule has 2 atom stereocenters. The first-order valence-corrected chi connectivity index (χ1v) is 8.06. The van der Waals surface area contributed by atoms with Crippen LogP contribution < -0.4 is 0 Å². The summed E-state index contributed by atoms with van der Waals surface area (Å²) in [6.45, 7) is 1.46. The molecular weight excluding hydrogens is 315 g/mol. The van der Waals surface area contributed by atoms with Crippen LogP contribution in [0, 0.1) is 11.2 Å². The second-order valence-corrected chi connectivity index (χ2v) is 6.73. The van der Waals surface area contributed by atoms with E-state index in [1.54, 1.807) is 4.90 Å². The minimum Gasteiger partial charge on any atom is -0.505 e. The first kappa shape index (κ1) is 16.7. The van der Waals surface area contributed by atoms with E-state index in [-0.39, 0.29) is 17.5 Å². The topological polar surface area (TPSA) is 81.1 Å². The average Bonchev–Trinajstić information content (AvgIpc) is 2.56. The molecule has 2 aliphatic rings. The van der Waals surface area contributed by atoms with E-state index >= 15 is 0 Å². The molecular formula is C17H21FN2O4. The van der Waals surface area contributed by atoms with Gasteiger partial charge >= 0.3 is 5.97 Å². The molecule has 0 saturated carbocycles. The molecule has 0 aliphatic carbocycles. The van der Waals surface area contributed by atoms with Gasteiger partial charge in [-0.1, -0.05) is 0 Å². The van der Waals surface area contributed by atoms with E-state index in [1.165, 1.54) is 6.07 Å². The number of fused-ring (bicyclic) bond motifs is 1. The van der Waals surface area contributed by atoms with E-state index in [2.05, 4.69) is 0 Å². The van der Waals surface area contributed by atoms with Crippen LogP contribution in [-0.2, 0) is 4.79 Å². The monoisotopic (exact) mass is 336 g/mol. The molecule has 2 fully saturated rings. The summed E-state index contributed by atoms with van der Waals surface area (Å²) < 4.78 is 13.2. The largest absolute Gasteiger partial charge is 0.505 e. The summed E-state index contributed by atoms with van der Waals surface area (Å²) in [6.07, 6.45) is 1.85. The second-order valence-electron chi connectivity index (χ2n) is 6.73. The van der Waals surface area contributed by atoms with Gasteiger partial charge in [0.2, 0.25) is 0 Å². The summed E-state index contributed by atoms with van der Waals surface area (Å²) in [5.74, 6) is -2.46. The number of carboxylic acid groups (broad SMARTS) is 1. The van der Waals surface area contributed by atoms with Crippen molar-refractivity contribution < 1.29 is 24.2 Å². The highest BCUT2D eigenvalue weighted by Gasteiger charge is 2.52. The Kier molecular flexibility index (Phi) is 4.21. The normalized spacial score (nSPS) is 27.6. The van der Waals surface area contributed by atoms with Crippen molar-refractivity contribution in [3.05, 3.63) is 29.6 Å². The molecule has 2 aliphatic heterocycles. The Labute approximate surface area is 139 Å². The number of hydrogen-bond acceptors (Lipinski definition) is 4. The zero-order valence-corrected chi connectivity index (χ0v) is 13.5. The molecule has 1 aromatic rings. The number of hydrogen-bond donors (Lipinski definition) is 2. The maximum atomic E-state index is 13.2. The fraction of sp³-hybridized carbons (Fsp3) is 0.529. The van der Waals surface area contributed by atoms with E-state index < -0.39 is 23.0 Å². The third kappa shape index (κ3) is 2.62. The predicted molar refractivity (Wildman–Crippen MR) is 84.3 cm³/mol. The number of carbonyl (C=O) groups is 2. The highest BCUT2D eigenvalue weighted by Crippen LogP contribution is 2.42. The maximum absolute atomic E-state index is 13.2. The van der Waals surface area contributed by atoms with Crippen LogP contribution in [0.25, 0.3) is 0 Å². The molecule has 130 valence electrons. The lowest BCUT2D eigenvalue weighted by molar-refractivity contribution is -0.161. The van der Waals surface area contributed by atoms with Crippen LogP contribution in [0.2, 0.25) is 0 Å². The van der Waals surface area contributed by atoms with Gasteiger partial charge in [0.15, 0.2) is 11.6 Å². The molecule has 6 nitrogen and oxygen atoms in total. The summed E-state index contributed by atoms with van der Waals surface area (Å²) in [6, 6.07) is 3.26. The number of rotatable bonds is 2. The lowest BCUT2D eigenvalue weighted by Gasteiger charge is -2.51. The van der Waals surface area contributed by atoms with Crippen LogP contribution >= 0.6 is 0 Å². The van der Waals surface area contributed by atoms with Gasteiger partial charge in [0.25, 0.3) is 5.91 Å². The first-order chi connectivity index (χ1) is 11.3. The number of halogens is 1. The van der Waals surface area contributed by atoms with Gasteiger partial charge in [-0.2, -0.15) is 0 Å². The summed E-state index contributed by atoms with van der Waals surface area (Å²) in [4.78, 5) is 28.1. The van der Waals surface area contributed by atoms with Crippen molar-refractivity contribution in [3.63, 3.8) is 0 Å². The van der Waals surface area contributed by atoms with Crippen LogP contribution in [0.5, 0.6) is 5.75 Å². The van der Waals surface area contributed by atoms with Crippen molar-refractivity contribution in [2.24, 2.45) is 5.41 Å². The van der Waals surface area contributed by atoms with Gasteiger partial charge in [0.1, 0.15) is 0 Å². The molecule has 7 heteroatoms. The lowest BCUT2D eigenvalue weighted by Crippen LogP contribution is -2.63. The number of aliphatic carboxylic acids is 1. The highest BCUT2D eigenvalue weighted by atomic mass is 19.1. The zero-order valence-electron chi connectivity index (χ0n) is 13.5. The molecule has 1 aromatic carbocycles. The third-order valence-electron chi connectivity index (χ3n) is 5.43. The summed E-state index contributed by atoms with van der Waals surface area (Å²) >= 11 is 0. The molecule has 3 rings (SSSR count). The fourth-order valence-electron chi connectivity index (χ4n) is 4.00. The Balaban J connectivity index is 1.83. The Morgan fingerprint density at radius 3 is 2.71 bits per heavy atom. The second kappa shape index (κ2) is 6.05. The summed E-state index contributed by atoms with van der Waals surface area (Å²) in [7, 11) is 1.89. The minimum absolute atomic E-state index is 0.204. The van der Waals surface area contributed by atoms with Crippen LogP contribution in [0.15, 0.2) is 18.2 Å². The number of phenolic OH excluding ortho intramolecular Hbond substituents is 1. The summed E-state index contributed by atoms with van der Waals surface area (Å²) in [5.41, 5.74) is -0.607. The number of benzene rings is 1. The molecule has 0 spiro atoms. The maximum Gasteiger partial charge on any atom is 0.311 e. The van der Waals surface area contributed by atoms with Gasteiger partial charge in [-0.3, -0.25) is 9.59 Å². The zero-order chi connectivity index (χ0) is 17.5. The van der Waals surface area contributed by atoms with E-state index in [1.807, 2.05) is 11.9 Å². The van der Waals surface area contributed by atoms with E-state index in [0.717, 1.165) is 25.1 Å². The van der Waals surface area contributed by atoms with E-state index in [0.29, 0.717) is 25.9 Å². The van der Waals surface area contributed by atoms with Crippen LogP contribution in [0.3, 0.4) is 0 Å². The molecule has 0 aromatic heterocycles. The fourth-order valence-corrected chi connectivity index (χ4v) is 4.00. The van der Waals surface area contributed by atoms with Gasteiger partial charge in [0.05, 0.1) is 5.41 Å². The molecule has 24 heavy (non-hydrogen) atoms. The Hall–Kier alpha value is -2.15. The van der Waals surface area contributed by atoms with Gasteiger partial charge in [-0.25, -0.2) is 4.39 Å². The standard InChI is InChI=1S/C17H21FN2O4/c1-19-7-2-5-17(16(23)24)6-8-20(10-14(17)19)15(22)11-3-4-12(18)13(21)9-11/h3-4,9,14,21H,2,5-8,10H2,1H3,(H,23,24)/t14-,17+/m1/s1. The van der Waals surface area contributed by atoms with Crippen molar-refractivity contribution >= 4 is 11.9 Å². The molecule has 2 saturated heterocycles. The third-order valence-corrected chi connectivity index (χ3v) is 5.43. The van der Waals surface area contributed by atoms with Gasteiger partial charge in [-0.05, 0) is 51.1 Å². The molecule has 0 radical (unpaired) electrons. The van der Waals surface area contributed by atoms with Crippen molar-refractivity contribution in [2.75, 3.05) is 26.7 Å². The Bertz CT molecular complexity index is 681. The Morgan fingerprint density at radius 2 is 2.04 bits per heavy atom. The number of carbonyl (C=O) groups excluding carboxylic acids is 1. The first-order valence-electron chi connectivity index (χ1n) is 8.06. The SMILES string of the molecule is CN1CCC[C@]2(C(=O)O)CCN(C(=O)c3ccc(F)c(O)c3)C[C@@H]12. The van der Waals surface area contributed by atoms with Gasteiger partial charge in [0, 0.05) is 24.7 Å². The smallest absolute Gasteiger partial charge is 0.311 e. The quantitative estimate of drug-likeness (QED) is 0.856. The number of phenols is 1. The van der Waals surface area contributed by atoms with Crippen LogP contribution in [0.4, 0.5) is 4.39 Å². The predicted octanol–water partition coefficient (Wildman–Crippen LogP) is 1.54. The number of nitrogens with zero attached hydrogens (tertiary/aromatic N) is 2. The number of likely N-dealkylation sites (tertiary alicyclic amines) is 2. The number of amides is 1. The molecule has 2 N–H and O–H groups in total. The van der Waals surface area contributed by atoms with Crippen molar-refractivity contribution in [1.82, 2.24) is 9.80 Å². The average molecular weight is 336 g/mol. The van der Waals surface area contributed by atoms with E-state index in [4.69, 9.17) is 0 Å². The molecule has 2 heterocycles. The number of aromatic hydroxyl groups is 1. The van der Waals surface area contributed by atoms with Gasteiger partial charge < -0.3 is 20.0 Å². The summed E-state index contributed by atoms with van der Waals surface area (Å²) in [5, 5.41) is 19.2. The highest BCUT2D eigenvalue weighted by molar-refractivity contribution is 5.95. The van der Waals surface area contributed by atoms with Crippen molar-refractivity contribution in [3.8, 4) is 5.75 Å². The lowest BCUT2D eigenvalue weighted by atomic mass is 9.68. The molecule has 0 unspecified atom stereocenters. The van der Waals surface area contributed by atoms with Crippen molar-refractivity contribution in [2.45, 2.75) is 25.3 Å². The number of piperidine rings is 2. The minimum atomic E-state index is -0.811.